The number of alkyl halides is 2. The van der Waals surface area contributed by atoms with Crippen molar-refractivity contribution in [3.05, 3.63) is 42.4 Å². The zero-order chi connectivity index (χ0) is 21.6. The topological polar surface area (TPSA) is 65.3 Å². The van der Waals surface area contributed by atoms with Crippen LogP contribution in [0.4, 0.5) is 8.78 Å². The molecule has 166 valence electrons. The molecule has 1 fully saturated rings. The second-order valence-electron chi connectivity index (χ2n) is 8.27. The zero-order valence-electron chi connectivity index (χ0n) is 17.7. The minimum absolute atomic E-state index is 0.0285. The molecule has 0 amide bonds. The Morgan fingerprint density at radius 3 is 2.90 bits per heavy atom. The lowest BCUT2D eigenvalue weighted by Crippen LogP contribution is -2.31. The minimum atomic E-state index is -2.50. The molecule has 1 aliphatic rings. The number of unbranched alkanes of at least 4 members (excludes halogenated alkanes) is 1. The summed E-state index contributed by atoms with van der Waals surface area (Å²) in [6.45, 7) is 5.87. The molecule has 2 atom stereocenters. The van der Waals surface area contributed by atoms with E-state index in [9.17, 15) is 13.3 Å². The first-order valence-electron chi connectivity index (χ1n) is 10.9. The van der Waals surface area contributed by atoms with Crippen LogP contribution < -0.4 is 4.72 Å². The largest absolute Gasteiger partial charge is 0.598 e. The van der Waals surface area contributed by atoms with E-state index in [2.05, 4.69) is 28.3 Å². The molecule has 2 heterocycles. The van der Waals surface area contributed by atoms with Crippen LogP contribution in [0, 0.1) is 5.92 Å². The molecule has 0 bridgehead atoms. The van der Waals surface area contributed by atoms with Gasteiger partial charge in [-0.25, -0.2) is 18.3 Å². The van der Waals surface area contributed by atoms with E-state index in [4.69, 9.17) is 0 Å². The standard InChI is InChI=1S/C22H32F2N4OS/c1-3-5-7-20(27-30(29)12-6-4-2)18-14-21-26-19(16-28(21)25-15-18)13-17-8-10-22(23,24)11-9-17/h3,14-17,20,27H,1,4-13H2,2H3/t20-,30?/m1/s1. The third-order valence-electron chi connectivity index (χ3n) is 5.74. The number of hydrogen-bond acceptors (Lipinski definition) is 4. The number of nitrogens with one attached hydrogen (secondary N) is 1. The summed E-state index contributed by atoms with van der Waals surface area (Å²) >= 11 is -1.09. The molecule has 0 saturated heterocycles. The molecule has 1 unspecified atom stereocenters. The van der Waals surface area contributed by atoms with Crippen LogP contribution in [0.25, 0.3) is 5.65 Å². The summed E-state index contributed by atoms with van der Waals surface area (Å²) in [7, 11) is 0. The quantitative estimate of drug-likeness (QED) is 0.389. The van der Waals surface area contributed by atoms with E-state index in [1.54, 1.807) is 10.7 Å². The molecule has 30 heavy (non-hydrogen) atoms. The third-order valence-corrected chi connectivity index (χ3v) is 6.95. The SMILES string of the molecule is C=CCC[C@@H](N[S+]([O-])CCCC)c1cnn2cc(CC3CCC(F)(F)CC3)nc2c1. The average Bonchev–Trinajstić information content (AvgIpc) is 3.12. The number of fused-ring (bicyclic) bond motifs is 1. The molecule has 1 aliphatic carbocycles. The molecule has 2 aromatic rings. The first kappa shape index (κ1) is 23.2. The molecular weight excluding hydrogens is 406 g/mol. The highest BCUT2D eigenvalue weighted by atomic mass is 32.2. The summed E-state index contributed by atoms with van der Waals surface area (Å²) in [6, 6.07) is 1.89. The fourth-order valence-electron chi connectivity index (χ4n) is 3.90. The Balaban J connectivity index is 1.70. The van der Waals surface area contributed by atoms with Gasteiger partial charge in [-0.05, 0) is 56.1 Å². The van der Waals surface area contributed by atoms with Crippen molar-refractivity contribution in [1.29, 1.82) is 0 Å². The Bertz CT molecular complexity index is 819. The predicted molar refractivity (Wildman–Crippen MR) is 117 cm³/mol. The highest BCUT2D eigenvalue weighted by Gasteiger charge is 2.35. The molecule has 0 spiro atoms. The van der Waals surface area contributed by atoms with E-state index in [1.807, 2.05) is 18.3 Å². The van der Waals surface area contributed by atoms with E-state index in [-0.39, 0.29) is 24.8 Å². The van der Waals surface area contributed by atoms with Gasteiger partial charge in [0.2, 0.25) is 5.92 Å². The fraction of sp³-hybridized carbons (Fsp3) is 0.636. The number of imidazole rings is 1. The van der Waals surface area contributed by atoms with Crippen molar-refractivity contribution in [1.82, 2.24) is 19.3 Å². The molecule has 0 aromatic carbocycles. The average molecular weight is 439 g/mol. The Morgan fingerprint density at radius 1 is 1.43 bits per heavy atom. The van der Waals surface area contributed by atoms with Gasteiger partial charge in [-0.1, -0.05) is 19.4 Å². The summed E-state index contributed by atoms with van der Waals surface area (Å²) in [5.41, 5.74) is 2.56. The van der Waals surface area contributed by atoms with Crippen LogP contribution in [0.15, 0.2) is 31.1 Å². The van der Waals surface area contributed by atoms with E-state index < -0.39 is 17.3 Å². The van der Waals surface area contributed by atoms with Crippen LogP contribution in [-0.2, 0) is 17.8 Å². The van der Waals surface area contributed by atoms with Crippen LogP contribution in [0.5, 0.6) is 0 Å². The first-order valence-corrected chi connectivity index (χ1v) is 12.2. The van der Waals surface area contributed by atoms with Crippen LogP contribution in [0.2, 0.25) is 0 Å². The Labute approximate surface area is 180 Å². The van der Waals surface area contributed by atoms with Crippen LogP contribution in [-0.4, -0.2) is 30.8 Å². The molecule has 2 aromatic heterocycles. The number of rotatable bonds is 11. The monoisotopic (exact) mass is 438 g/mol. The van der Waals surface area contributed by atoms with Crippen LogP contribution in [0.1, 0.15) is 75.6 Å². The molecule has 1 saturated carbocycles. The molecule has 8 heteroatoms. The number of allylic oxidation sites excluding steroid dienone is 1. The van der Waals surface area contributed by atoms with E-state index in [0.717, 1.165) is 42.6 Å². The summed E-state index contributed by atoms with van der Waals surface area (Å²) < 4.78 is 44.1. The Hall–Kier alpha value is -1.51. The summed E-state index contributed by atoms with van der Waals surface area (Å²) in [5, 5.41) is 4.49. The van der Waals surface area contributed by atoms with E-state index in [0.29, 0.717) is 25.0 Å². The lowest BCUT2D eigenvalue weighted by atomic mass is 9.84. The normalized spacial score (nSPS) is 19.1. The van der Waals surface area contributed by atoms with Gasteiger partial charge in [0.1, 0.15) is 5.75 Å². The summed E-state index contributed by atoms with van der Waals surface area (Å²) in [4.78, 5) is 4.68. The van der Waals surface area contributed by atoms with Gasteiger partial charge in [-0.15, -0.1) is 11.3 Å². The predicted octanol–water partition coefficient (Wildman–Crippen LogP) is 5.16. The van der Waals surface area contributed by atoms with E-state index in [1.165, 1.54) is 0 Å². The van der Waals surface area contributed by atoms with Crippen molar-refractivity contribution in [3.63, 3.8) is 0 Å². The van der Waals surface area contributed by atoms with E-state index >= 15 is 0 Å². The highest BCUT2D eigenvalue weighted by Crippen LogP contribution is 2.37. The summed E-state index contributed by atoms with van der Waals surface area (Å²) in [6.07, 6.45) is 10.8. The molecule has 5 nitrogen and oxygen atoms in total. The number of halogens is 2. The fourth-order valence-corrected chi connectivity index (χ4v) is 5.14. The summed E-state index contributed by atoms with van der Waals surface area (Å²) in [5.74, 6) is -1.63. The number of nitrogens with zero attached hydrogens (tertiary/aromatic N) is 3. The highest BCUT2D eigenvalue weighted by molar-refractivity contribution is 7.89. The Morgan fingerprint density at radius 2 is 2.20 bits per heavy atom. The molecule has 1 N–H and O–H groups in total. The minimum Gasteiger partial charge on any atom is -0.598 e. The molecule has 3 rings (SSSR count). The van der Waals surface area contributed by atoms with Gasteiger partial charge in [-0.2, -0.15) is 5.10 Å². The van der Waals surface area contributed by atoms with Gasteiger partial charge in [-0.3, -0.25) is 0 Å². The molecular formula is C22H32F2N4OS. The van der Waals surface area contributed by atoms with Gasteiger partial charge < -0.3 is 4.55 Å². The lowest BCUT2D eigenvalue weighted by Gasteiger charge is -2.27. The van der Waals surface area contributed by atoms with Crippen LogP contribution in [0.3, 0.4) is 0 Å². The lowest BCUT2D eigenvalue weighted by molar-refractivity contribution is -0.0457. The van der Waals surface area contributed by atoms with Gasteiger partial charge in [0.15, 0.2) is 5.65 Å². The molecule has 0 aliphatic heterocycles. The van der Waals surface area contributed by atoms with Gasteiger partial charge >= 0.3 is 0 Å². The zero-order valence-corrected chi connectivity index (χ0v) is 18.5. The Kier molecular flexibility index (Phi) is 8.25. The maximum Gasteiger partial charge on any atom is 0.248 e. The first-order chi connectivity index (χ1) is 14.4. The smallest absolute Gasteiger partial charge is 0.248 e. The van der Waals surface area contributed by atoms with Gasteiger partial charge in [0, 0.05) is 24.2 Å². The third kappa shape index (κ3) is 6.49. The van der Waals surface area contributed by atoms with Crippen molar-refractivity contribution in [2.75, 3.05) is 5.75 Å². The number of hydrogen-bond donors (Lipinski definition) is 1. The number of aromatic nitrogens is 3. The van der Waals surface area contributed by atoms with Crippen molar-refractivity contribution in [3.8, 4) is 0 Å². The van der Waals surface area contributed by atoms with Crippen molar-refractivity contribution in [2.45, 2.75) is 76.7 Å². The van der Waals surface area contributed by atoms with Crippen molar-refractivity contribution in [2.24, 2.45) is 5.92 Å². The second kappa shape index (κ2) is 10.7. The molecule has 0 radical (unpaired) electrons. The maximum absolute atomic E-state index is 13.4. The van der Waals surface area contributed by atoms with Crippen molar-refractivity contribution >= 4 is 17.0 Å². The van der Waals surface area contributed by atoms with Gasteiger partial charge in [0.05, 0.1) is 24.1 Å². The van der Waals surface area contributed by atoms with Gasteiger partial charge in [0.25, 0.3) is 0 Å². The second-order valence-corrected chi connectivity index (χ2v) is 9.60. The van der Waals surface area contributed by atoms with Crippen LogP contribution >= 0.6 is 0 Å². The maximum atomic E-state index is 13.4. The van der Waals surface area contributed by atoms with Crippen molar-refractivity contribution < 1.29 is 13.3 Å².